The molecular weight excluding hydrogens is 524 g/mol. The molecule has 0 saturated heterocycles. The average molecular weight is 549 g/mol. The van der Waals surface area contributed by atoms with Crippen molar-refractivity contribution in [1.29, 1.82) is 0 Å². The van der Waals surface area contributed by atoms with E-state index < -0.39 is 24.3 Å². The summed E-state index contributed by atoms with van der Waals surface area (Å²) in [4.78, 5) is 34.1. The number of aliphatic carboxylic acids is 2. The number of carbonyl (C=O) groups is 3. The van der Waals surface area contributed by atoms with E-state index in [1.54, 1.807) is 12.4 Å². The monoisotopic (exact) mass is 549 g/mol. The Hall–Kier alpha value is -3.68. The van der Waals surface area contributed by atoms with Crippen LogP contribution < -0.4 is 10.6 Å². The number of nitrogens with zero attached hydrogens (tertiary/aromatic N) is 1. The van der Waals surface area contributed by atoms with Crippen LogP contribution in [0.15, 0.2) is 48.8 Å². The molecule has 2 aromatic rings. The number of carboxylic acid groups (broad SMARTS) is 2. The third-order valence-electron chi connectivity index (χ3n) is 5.42. The molecule has 0 aliphatic heterocycles. The fraction of sp³-hybridized carbons (Fsp3) is 0.417. The third kappa shape index (κ3) is 11.2. The summed E-state index contributed by atoms with van der Waals surface area (Å²) in [6.45, 7) is 1.68. The minimum atomic E-state index is -5.08. The van der Waals surface area contributed by atoms with E-state index >= 15 is 0 Å². The van der Waals surface area contributed by atoms with Gasteiger partial charge in [0.25, 0.3) is 5.91 Å². The zero-order valence-corrected chi connectivity index (χ0v) is 19.7. The largest absolute Gasteiger partial charge is 0.490 e. The SMILES string of the molecule is O=C(NCc1cccnc1)c1ccc([C@@H]2C[C@H]2NCC2CC2)cc1.O=C(O)C(F)(F)F.O=C(O)C(F)(F)F. The Bertz CT molecular complexity index is 1050. The van der Waals surface area contributed by atoms with Crippen LogP contribution in [0.25, 0.3) is 0 Å². The molecule has 0 radical (unpaired) electrons. The molecule has 0 spiro atoms. The molecule has 1 amide bonds. The first-order valence-electron chi connectivity index (χ1n) is 11.3. The molecule has 38 heavy (non-hydrogen) atoms. The molecule has 8 nitrogen and oxygen atoms in total. The van der Waals surface area contributed by atoms with Gasteiger partial charge in [0.05, 0.1) is 0 Å². The number of hydrogen-bond donors (Lipinski definition) is 4. The molecule has 2 atom stereocenters. The lowest BCUT2D eigenvalue weighted by atomic mass is 10.1. The van der Waals surface area contributed by atoms with E-state index in [9.17, 15) is 31.1 Å². The van der Waals surface area contributed by atoms with Gasteiger partial charge in [-0.1, -0.05) is 18.2 Å². The van der Waals surface area contributed by atoms with Crippen molar-refractivity contribution in [3.05, 3.63) is 65.5 Å². The van der Waals surface area contributed by atoms with E-state index in [1.165, 1.54) is 31.4 Å². The summed E-state index contributed by atoms with van der Waals surface area (Å²) in [5.41, 5.74) is 3.06. The van der Waals surface area contributed by atoms with Gasteiger partial charge >= 0.3 is 24.3 Å². The number of amides is 1. The molecule has 2 saturated carbocycles. The van der Waals surface area contributed by atoms with Crippen LogP contribution in [0.2, 0.25) is 0 Å². The van der Waals surface area contributed by atoms with Gasteiger partial charge in [-0.2, -0.15) is 26.3 Å². The predicted octanol–water partition coefficient (Wildman–Crippen LogP) is 4.13. The lowest BCUT2D eigenvalue weighted by Crippen LogP contribution is -2.22. The number of carbonyl (C=O) groups excluding carboxylic acids is 1. The van der Waals surface area contributed by atoms with Crippen molar-refractivity contribution in [3.8, 4) is 0 Å². The normalized spacial score (nSPS) is 18.2. The average Bonchev–Trinajstić information content (AvgIpc) is 3.77. The molecule has 2 aliphatic carbocycles. The second-order valence-corrected chi connectivity index (χ2v) is 8.57. The maximum atomic E-state index is 12.2. The van der Waals surface area contributed by atoms with Gasteiger partial charge in [-0.15, -0.1) is 0 Å². The first-order valence-corrected chi connectivity index (χ1v) is 11.3. The highest BCUT2D eigenvalue weighted by Crippen LogP contribution is 2.41. The topological polar surface area (TPSA) is 129 Å². The van der Waals surface area contributed by atoms with Gasteiger partial charge in [-0.05, 0) is 61.1 Å². The van der Waals surface area contributed by atoms with Crippen molar-refractivity contribution in [3.63, 3.8) is 0 Å². The van der Waals surface area contributed by atoms with E-state index in [0.29, 0.717) is 24.1 Å². The van der Waals surface area contributed by atoms with Gasteiger partial charge in [0, 0.05) is 36.5 Å². The molecule has 0 bridgehead atoms. The molecule has 0 unspecified atom stereocenters. The van der Waals surface area contributed by atoms with Gasteiger partial charge in [-0.3, -0.25) is 9.78 Å². The number of pyridine rings is 1. The number of hydrogen-bond acceptors (Lipinski definition) is 5. The summed E-state index contributed by atoms with van der Waals surface area (Å²) in [6.07, 6.45) is -2.65. The fourth-order valence-electron chi connectivity index (χ4n) is 3.10. The Morgan fingerprint density at radius 1 is 0.921 bits per heavy atom. The van der Waals surface area contributed by atoms with Crippen LogP contribution >= 0.6 is 0 Å². The number of alkyl halides is 6. The van der Waals surface area contributed by atoms with Crippen LogP contribution in [0.1, 0.15) is 46.7 Å². The van der Waals surface area contributed by atoms with Crippen LogP contribution in [-0.4, -0.2) is 58.0 Å². The molecule has 14 heteroatoms. The Morgan fingerprint density at radius 2 is 1.47 bits per heavy atom. The molecule has 2 fully saturated rings. The third-order valence-corrected chi connectivity index (χ3v) is 5.42. The summed E-state index contributed by atoms with van der Waals surface area (Å²) in [5, 5.41) is 20.8. The fourth-order valence-corrected chi connectivity index (χ4v) is 3.10. The van der Waals surface area contributed by atoms with Crippen molar-refractivity contribution < 1.29 is 50.9 Å². The highest BCUT2D eigenvalue weighted by atomic mass is 19.4. The zero-order valence-electron chi connectivity index (χ0n) is 19.7. The van der Waals surface area contributed by atoms with Crippen LogP contribution in [0, 0.1) is 5.92 Å². The van der Waals surface area contributed by atoms with Crippen LogP contribution in [0.3, 0.4) is 0 Å². The van der Waals surface area contributed by atoms with Gasteiger partial charge in [0.2, 0.25) is 0 Å². The van der Waals surface area contributed by atoms with E-state index in [-0.39, 0.29) is 5.91 Å². The van der Waals surface area contributed by atoms with Crippen molar-refractivity contribution in [2.75, 3.05) is 6.54 Å². The number of halogens is 6. The maximum absolute atomic E-state index is 12.2. The Morgan fingerprint density at radius 3 is 1.92 bits per heavy atom. The lowest BCUT2D eigenvalue weighted by molar-refractivity contribution is -0.193. The molecule has 1 aromatic carbocycles. The standard InChI is InChI=1S/C20H23N3O.2C2HF3O2/c24-20(23-13-15-2-1-9-21-11-15)17-7-5-16(6-8-17)18-10-19(18)22-12-14-3-4-14;2*3-2(4,5)1(6)7/h1-2,5-9,11,14,18-19,22H,3-4,10,12-13H2,(H,23,24);2*(H,6,7)/t18-,19+;;/m0../s1. The van der Waals surface area contributed by atoms with Gasteiger partial charge in [-0.25, -0.2) is 9.59 Å². The van der Waals surface area contributed by atoms with Gasteiger partial charge in [0.1, 0.15) is 0 Å². The van der Waals surface area contributed by atoms with Crippen LogP contribution in [0.5, 0.6) is 0 Å². The molecule has 4 rings (SSSR count). The Kier molecular flexibility index (Phi) is 10.6. The van der Waals surface area contributed by atoms with E-state index in [2.05, 4.69) is 27.8 Å². The molecule has 1 heterocycles. The minimum absolute atomic E-state index is 0.0374. The Balaban J connectivity index is 0.000000301. The summed E-state index contributed by atoms with van der Waals surface area (Å²) in [7, 11) is 0. The van der Waals surface area contributed by atoms with Gasteiger partial charge in [0.15, 0.2) is 0 Å². The van der Waals surface area contributed by atoms with Crippen LogP contribution in [-0.2, 0) is 16.1 Å². The molecular formula is C24H25F6N3O5. The van der Waals surface area contributed by atoms with Crippen molar-refractivity contribution >= 4 is 17.8 Å². The quantitative estimate of drug-likeness (QED) is 0.383. The molecule has 4 N–H and O–H groups in total. The zero-order chi connectivity index (χ0) is 28.5. The highest BCUT2D eigenvalue weighted by Gasteiger charge is 2.39. The summed E-state index contributed by atoms with van der Waals surface area (Å²) in [6, 6.07) is 12.5. The first-order chi connectivity index (χ1) is 17.7. The van der Waals surface area contributed by atoms with E-state index in [1.807, 2.05) is 24.3 Å². The number of carboxylic acids is 2. The first kappa shape index (κ1) is 30.5. The smallest absolute Gasteiger partial charge is 0.475 e. The summed E-state index contributed by atoms with van der Waals surface area (Å²) in [5.74, 6) is -4.00. The van der Waals surface area contributed by atoms with Crippen molar-refractivity contribution in [2.24, 2.45) is 5.92 Å². The summed E-state index contributed by atoms with van der Waals surface area (Å²) < 4.78 is 63.5. The van der Waals surface area contributed by atoms with E-state index in [4.69, 9.17) is 19.8 Å². The molecule has 1 aromatic heterocycles. The van der Waals surface area contributed by atoms with Crippen molar-refractivity contribution in [2.45, 2.75) is 50.1 Å². The van der Waals surface area contributed by atoms with Gasteiger partial charge < -0.3 is 20.8 Å². The molecule has 2 aliphatic rings. The van der Waals surface area contributed by atoms with Crippen molar-refractivity contribution in [1.82, 2.24) is 15.6 Å². The minimum Gasteiger partial charge on any atom is -0.475 e. The number of nitrogens with one attached hydrogen (secondary N) is 2. The number of rotatable bonds is 7. The Labute approximate surface area is 213 Å². The second kappa shape index (κ2) is 13.2. The number of benzene rings is 1. The molecule has 208 valence electrons. The second-order valence-electron chi connectivity index (χ2n) is 8.57. The number of aromatic nitrogens is 1. The lowest BCUT2D eigenvalue weighted by Gasteiger charge is -2.07. The van der Waals surface area contributed by atoms with E-state index in [0.717, 1.165) is 11.5 Å². The predicted molar refractivity (Wildman–Crippen MR) is 121 cm³/mol. The van der Waals surface area contributed by atoms with Crippen LogP contribution in [0.4, 0.5) is 26.3 Å². The maximum Gasteiger partial charge on any atom is 0.490 e. The highest BCUT2D eigenvalue weighted by molar-refractivity contribution is 5.94. The summed E-state index contributed by atoms with van der Waals surface area (Å²) >= 11 is 0.